The second-order valence-corrected chi connectivity index (χ2v) is 11.3. The monoisotopic (exact) mass is 533 g/mol. The minimum atomic E-state index is -5.67. The predicted molar refractivity (Wildman–Crippen MR) is 103 cm³/mol. The van der Waals surface area contributed by atoms with Crippen LogP contribution in [0.3, 0.4) is 0 Å². The molecule has 1 amide bonds. The number of phosphoric ester groups is 1. The van der Waals surface area contributed by atoms with E-state index in [0.717, 1.165) is 0 Å². The Bertz CT molecular complexity index is 1120. The Morgan fingerprint density at radius 3 is 2.61 bits per heavy atom. The Kier molecular flexibility index (Phi) is 6.33. The van der Waals surface area contributed by atoms with E-state index in [1.54, 1.807) is 17.3 Å². The first-order chi connectivity index (χ1) is 15.2. The zero-order valence-electron chi connectivity index (χ0n) is 16.1. The highest BCUT2D eigenvalue weighted by Gasteiger charge is 2.44. The Morgan fingerprint density at radius 2 is 1.91 bits per heavy atom. The molecule has 4 rings (SSSR count). The van der Waals surface area contributed by atoms with Gasteiger partial charge in [-0.1, -0.05) is 0 Å². The van der Waals surface area contributed by atoms with Gasteiger partial charge in [0, 0.05) is 18.8 Å². The molecule has 0 aliphatic carbocycles. The minimum Gasteiger partial charge on any atom is -0.390 e. The molecule has 0 saturated carbocycles. The molecular weight excluding hydrogens is 515 g/mol. The van der Waals surface area contributed by atoms with Gasteiger partial charge in [-0.3, -0.25) is 18.8 Å². The molecule has 0 radical (unpaired) electrons. The van der Waals surface area contributed by atoms with E-state index in [4.69, 9.17) is 14.5 Å². The molecular formula is C12H18N5O13P3. The molecule has 3 aliphatic heterocycles. The number of anilines is 1. The maximum atomic E-state index is 12.2. The average Bonchev–Trinajstić information content (AvgIpc) is 3.34. The number of nitrogens with zero attached hydrogens (tertiary/aromatic N) is 3. The molecule has 1 fully saturated rings. The lowest BCUT2D eigenvalue weighted by Crippen LogP contribution is -2.54. The number of amides is 1. The van der Waals surface area contributed by atoms with Crippen LogP contribution in [-0.4, -0.2) is 65.2 Å². The van der Waals surface area contributed by atoms with Crippen LogP contribution in [0.1, 0.15) is 23.1 Å². The number of phosphoric acid groups is 3. The molecule has 0 bridgehead atoms. The Morgan fingerprint density at radius 1 is 1.18 bits per heavy atom. The standard InChI is InChI=1S/C12H18N5O13P3/c18-6-3-8(17-5-14-9-10(19)15-12-13-1-2-16(12)11(9)17)28-7(6)4-27-32(23,24)30-33(25,26)29-31(20,21)22/h1-2,5-8,12-13,18H,3-4H2,(H,15,19)(H,23,24)(H,25,26)(H2,20,21,22)/t6-,7+,8+,12?/m0/s1. The number of imidazole rings is 1. The van der Waals surface area contributed by atoms with E-state index in [1.165, 1.54) is 10.9 Å². The summed E-state index contributed by atoms with van der Waals surface area (Å²) in [4.78, 5) is 53.8. The lowest BCUT2D eigenvalue weighted by molar-refractivity contribution is -0.0430. The molecule has 3 unspecified atom stereocenters. The van der Waals surface area contributed by atoms with Crippen LogP contribution < -0.4 is 15.5 Å². The van der Waals surface area contributed by atoms with Crippen LogP contribution in [0.2, 0.25) is 0 Å². The molecule has 1 aromatic rings. The molecule has 1 saturated heterocycles. The third-order valence-electron chi connectivity index (χ3n) is 4.59. The SMILES string of the molecule is O=C1NC2NC=CN2c2c1ncn2[C@H]1C[C@H](O)[C@@H](COP(=O)(O)OP(=O)(O)OP(=O)(O)O)O1. The summed E-state index contributed by atoms with van der Waals surface area (Å²) in [7, 11) is -16.6. The zero-order valence-corrected chi connectivity index (χ0v) is 18.8. The normalized spacial score (nSPS) is 30.2. The van der Waals surface area contributed by atoms with Gasteiger partial charge in [0.15, 0.2) is 17.8 Å². The van der Waals surface area contributed by atoms with Gasteiger partial charge in [0.25, 0.3) is 5.91 Å². The summed E-state index contributed by atoms with van der Waals surface area (Å²) in [5, 5.41) is 15.9. The van der Waals surface area contributed by atoms with Crippen LogP contribution in [0.5, 0.6) is 0 Å². The van der Waals surface area contributed by atoms with Crippen LogP contribution in [0, 0.1) is 0 Å². The van der Waals surface area contributed by atoms with Crippen LogP contribution in [0.25, 0.3) is 0 Å². The number of carbonyl (C=O) groups excluding carboxylic acids is 1. The quantitative estimate of drug-likeness (QED) is 0.193. The third kappa shape index (κ3) is 5.38. The molecule has 4 heterocycles. The molecule has 0 aromatic carbocycles. The molecule has 18 nitrogen and oxygen atoms in total. The zero-order chi connectivity index (χ0) is 24.2. The minimum absolute atomic E-state index is 0.0372. The van der Waals surface area contributed by atoms with Crippen molar-refractivity contribution in [2.75, 3.05) is 11.5 Å². The van der Waals surface area contributed by atoms with Gasteiger partial charge in [0.05, 0.1) is 19.0 Å². The number of aromatic nitrogens is 2. The van der Waals surface area contributed by atoms with Crippen molar-refractivity contribution in [2.45, 2.75) is 31.1 Å². The van der Waals surface area contributed by atoms with E-state index in [9.17, 15) is 33.4 Å². The van der Waals surface area contributed by atoms with Gasteiger partial charge >= 0.3 is 23.5 Å². The summed E-state index contributed by atoms with van der Waals surface area (Å²) in [6.07, 6.45) is 0.663. The van der Waals surface area contributed by atoms with E-state index < -0.39 is 60.7 Å². The summed E-state index contributed by atoms with van der Waals surface area (Å²) in [6, 6.07) is 0. The van der Waals surface area contributed by atoms with E-state index >= 15 is 0 Å². The van der Waals surface area contributed by atoms with Crippen LogP contribution in [0.15, 0.2) is 18.7 Å². The van der Waals surface area contributed by atoms with Crippen molar-refractivity contribution in [1.29, 1.82) is 0 Å². The number of aliphatic hydroxyl groups excluding tert-OH is 1. The number of rotatable bonds is 8. The largest absolute Gasteiger partial charge is 0.490 e. The molecule has 7 N–H and O–H groups in total. The van der Waals surface area contributed by atoms with Gasteiger partial charge in [-0.2, -0.15) is 8.62 Å². The number of aliphatic hydroxyl groups is 1. The molecule has 33 heavy (non-hydrogen) atoms. The van der Waals surface area contributed by atoms with E-state index in [-0.39, 0.29) is 12.1 Å². The maximum absolute atomic E-state index is 12.2. The molecule has 21 heteroatoms. The highest BCUT2D eigenvalue weighted by molar-refractivity contribution is 7.66. The fraction of sp³-hybridized carbons (Fsp3) is 0.500. The topological polar surface area (TPSA) is 251 Å². The maximum Gasteiger partial charge on any atom is 0.490 e. The van der Waals surface area contributed by atoms with Crippen LogP contribution >= 0.6 is 23.5 Å². The molecule has 1 aromatic heterocycles. The fourth-order valence-corrected chi connectivity index (χ4v) is 6.40. The predicted octanol–water partition coefficient (Wildman–Crippen LogP) is -1.22. The Balaban J connectivity index is 1.42. The van der Waals surface area contributed by atoms with Crippen molar-refractivity contribution in [3.63, 3.8) is 0 Å². The van der Waals surface area contributed by atoms with Crippen molar-refractivity contribution in [2.24, 2.45) is 0 Å². The van der Waals surface area contributed by atoms with E-state index in [2.05, 4.69) is 28.8 Å². The Labute approximate surface area is 184 Å². The summed E-state index contributed by atoms with van der Waals surface area (Å²) >= 11 is 0. The Hall–Kier alpha value is -1.65. The van der Waals surface area contributed by atoms with Gasteiger partial charge in [0.2, 0.25) is 0 Å². The summed E-state index contributed by atoms with van der Waals surface area (Å²) in [6.45, 7) is -0.813. The molecule has 0 spiro atoms. The van der Waals surface area contributed by atoms with Gasteiger partial charge in [0.1, 0.15) is 12.3 Å². The van der Waals surface area contributed by atoms with Crippen LogP contribution in [0.4, 0.5) is 5.82 Å². The first-order valence-electron chi connectivity index (χ1n) is 8.95. The highest BCUT2D eigenvalue weighted by atomic mass is 31.3. The summed E-state index contributed by atoms with van der Waals surface area (Å²) in [5.74, 6) is -0.0697. The van der Waals surface area contributed by atoms with Crippen molar-refractivity contribution in [3.05, 3.63) is 24.4 Å². The van der Waals surface area contributed by atoms with Crippen molar-refractivity contribution in [1.82, 2.24) is 20.2 Å². The number of ether oxygens (including phenoxy) is 1. The first kappa shape index (κ1) is 24.5. The lowest BCUT2D eigenvalue weighted by atomic mass is 10.2. The first-order valence-corrected chi connectivity index (χ1v) is 13.5. The van der Waals surface area contributed by atoms with Crippen molar-refractivity contribution < 1.29 is 61.1 Å². The second-order valence-electron chi connectivity index (χ2n) is 6.91. The molecule has 6 atom stereocenters. The fourth-order valence-electron chi connectivity index (χ4n) is 3.37. The number of nitrogens with one attached hydrogen (secondary N) is 2. The van der Waals surface area contributed by atoms with Gasteiger partial charge in [-0.05, 0) is 0 Å². The number of fused-ring (bicyclic) bond motifs is 3. The van der Waals surface area contributed by atoms with Gasteiger partial charge in [-0.15, -0.1) is 0 Å². The van der Waals surface area contributed by atoms with Crippen LogP contribution in [-0.2, 0) is 31.6 Å². The summed E-state index contributed by atoms with van der Waals surface area (Å²) < 4.78 is 52.8. The number of carbonyl (C=O) groups is 1. The smallest absolute Gasteiger partial charge is 0.390 e. The van der Waals surface area contributed by atoms with Gasteiger partial charge < -0.3 is 40.1 Å². The molecule has 3 aliphatic rings. The number of hydrogen-bond donors (Lipinski definition) is 7. The lowest BCUT2D eigenvalue weighted by Gasteiger charge is -2.32. The van der Waals surface area contributed by atoms with Crippen molar-refractivity contribution in [3.8, 4) is 0 Å². The average molecular weight is 533 g/mol. The van der Waals surface area contributed by atoms with Gasteiger partial charge in [-0.25, -0.2) is 18.7 Å². The third-order valence-corrected chi connectivity index (χ3v) is 8.40. The molecule has 184 valence electrons. The van der Waals surface area contributed by atoms with Crippen molar-refractivity contribution >= 4 is 35.2 Å². The highest BCUT2D eigenvalue weighted by Crippen LogP contribution is 2.66. The summed E-state index contributed by atoms with van der Waals surface area (Å²) in [5.41, 5.74) is 0.106. The van der Waals surface area contributed by atoms with E-state index in [0.29, 0.717) is 5.82 Å². The van der Waals surface area contributed by atoms with E-state index in [1.807, 2.05) is 0 Å². The second kappa shape index (κ2) is 8.53. The number of hydrogen-bond acceptors (Lipinski definition) is 12.